The van der Waals surface area contributed by atoms with Crippen LogP contribution in [0.15, 0.2) is 12.3 Å². The molecule has 0 bridgehead atoms. The fraction of sp³-hybridized carbons (Fsp3) is 0.444. The maximum absolute atomic E-state index is 9.51. The van der Waals surface area contributed by atoms with Crippen LogP contribution in [0.1, 0.15) is 31.0 Å². The highest BCUT2D eigenvalue weighted by molar-refractivity contribution is 5.35. The molecule has 1 N–H and O–H groups in total. The monoisotopic (exact) mass is 151 g/mol. The van der Waals surface area contributed by atoms with Gasteiger partial charge in [0.05, 0.1) is 5.69 Å². The molecule has 0 spiro atoms. The molecule has 0 atom stereocenters. The minimum absolute atomic E-state index is 0.287. The van der Waals surface area contributed by atoms with E-state index >= 15 is 0 Å². The van der Waals surface area contributed by atoms with Crippen LogP contribution >= 0.6 is 0 Å². The Balaban J connectivity index is 3.17. The molecule has 60 valence electrons. The van der Waals surface area contributed by atoms with Gasteiger partial charge in [0.2, 0.25) is 0 Å². The van der Waals surface area contributed by atoms with Crippen LogP contribution in [-0.4, -0.2) is 10.1 Å². The van der Waals surface area contributed by atoms with Gasteiger partial charge in [-0.2, -0.15) is 0 Å². The molecule has 1 rings (SSSR count). The molecule has 0 unspecified atom stereocenters. The van der Waals surface area contributed by atoms with E-state index in [0.717, 1.165) is 11.3 Å². The first-order chi connectivity index (χ1) is 5.13. The quantitative estimate of drug-likeness (QED) is 0.667. The predicted octanol–water partition coefficient (Wildman–Crippen LogP) is 2.22. The van der Waals surface area contributed by atoms with Gasteiger partial charge in [0, 0.05) is 6.20 Å². The molecule has 1 heterocycles. The first-order valence-electron chi connectivity index (χ1n) is 3.77. The summed E-state index contributed by atoms with van der Waals surface area (Å²) in [4.78, 5) is 4.09. The van der Waals surface area contributed by atoms with Crippen molar-refractivity contribution in [2.75, 3.05) is 0 Å². The zero-order chi connectivity index (χ0) is 8.43. The van der Waals surface area contributed by atoms with Crippen LogP contribution in [-0.2, 0) is 0 Å². The number of pyridine rings is 1. The van der Waals surface area contributed by atoms with Crippen LogP contribution in [0.5, 0.6) is 5.75 Å². The van der Waals surface area contributed by atoms with Crippen molar-refractivity contribution in [3.05, 3.63) is 23.5 Å². The van der Waals surface area contributed by atoms with Gasteiger partial charge in [-0.05, 0) is 24.5 Å². The van der Waals surface area contributed by atoms with E-state index in [4.69, 9.17) is 0 Å². The molecule has 11 heavy (non-hydrogen) atoms. The lowest BCUT2D eigenvalue weighted by molar-refractivity contribution is 0.455. The highest BCUT2D eigenvalue weighted by atomic mass is 16.3. The fourth-order valence-corrected chi connectivity index (χ4v) is 0.994. The van der Waals surface area contributed by atoms with E-state index in [0.29, 0.717) is 5.75 Å². The maximum Gasteiger partial charge on any atom is 0.140 e. The summed E-state index contributed by atoms with van der Waals surface area (Å²) < 4.78 is 0. The molecular weight excluding hydrogens is 138 g/mol. The molecular formula is C9H13NO. The molecule has 2 nitrogen and oxygen atoms in total. The summed E-state index contributed by atoms with van der Waals surface area (Å²) in [6.45, 7) is 5.91. The largest absolute Gasteiger partial charge is 0.506 e. The van der Waals surface area contributed by atoms with Gasteiger partial charge >= 0.3 is 0 Å². The SMILES string of the molecule is Cc1ccnc(C(C)C)c1O. The van der Waals surface area contributed by atoms with Crippen molar-refractivity contribution < 1.29 is 5.11 Å². The van der Waals surface area contributed by atoms with E-state index in [-0.39, 0.29) is 5.92 Å². The Bertz CT molecular complexity index is 256. The van der Waals surface area contributed by atoms with Gasteiger partial charge in [0.1, 0.15) is 5.75 Å². The number of aryl methyl sites for hydroxylation is 1. The summed E-state index contributed by atoms with van der Waals surface area (Å²) in [6.07, 6.45) is 1.73. The topological polar surface area (TPSA) is 33.1 Å². The van der Waals surface area contributed by atoms with Gasteiger partial charge < -0.3 is 5.11 Å². The van der Waals surface area contributed by atoms with Crippen molar-refractivity contribution in [2.24, 2.45) is 0 Å². The van der Waals surface area contributed by atoms with E-state index in [9.17, 15) is 5.11 Å². The molecule has 0 aliphatic carbocycles. The molecule has 0 amide bonds. The maximum atomic E-state index is 9.51. The summed E-state index contributed by atoms with van der Waals surface area (Å²) >= 11 is 0. The molecule has 0 fully saturated rings. The normalized spacial score (nSPS) is 10.5. The number of aromatic hydroxyl groups is 1. The minimum Gasteiger partial charge on any atom is -0.506 e. The number of rotatable bonds is 1. The van der Waals surface area contributed by atoms with Crippen molar-refractivity contribution in [1.82, 2.24) is 4.98 Å². The Hall–Kier alpha value is -1.05. The molecule has 0 saturated carbocycles. The second-order valence-electron chi connectivity index (χ2n) is 3.02. The Morgan fingerprint density at radius 2 is 2.09 bits per heavy atom. The standard InChI is InChI=1S/C9H13NO/c1-6(2)8-9(11)7(3)4-5-10-8/h4-6,11H,1-3H3. The molecule has 0 aliphatic rings. The summed E-state index contributed by atoms with van der Waals surface area (Å²) in [5.41, 5.74) is 1.67. The van der Waals surface area contributed by atoms with Crippen molar-refractivity contribution in [2.45, 2.75) is 26.7 Å². The summed E-state index contributed by atoms with van der Waals surface area (Å²) in [7, 11) is 0. The van der Waals surface area contributed by atoms with Gasteiger partial charge in [-0.1, -0.05) is 13.8 Å². The van der Waals surface area contributed by atoms with Crippen molar-refractivity contribution in [1.29, 1.82) is 0 Å². The lowest BCUT2D eigenvalue weighted by Crippen LogP contribution is -1.93. The molecule has 0 aliphatic heterocycles. The van der Waals surface area contributed by atoms with Gasteiger partial charge in [-0.15, -0.1) is 0 Å². The van der Waals surface area contributed by atoms with E-state index in [1.54, 1.807) is 12.3 Å². The second kappa shape index (κ2) is 2.91. The van der Waals surface area contributed by atoms with Gasteiger partial charge in [0.15, 0.2) is 0 Å². The van der Waals surface area contributed by atoms with Gasteiger partial charge in [0.25, 0.3) is 0 Å². The lowest BCUT2D eigenvalue weighted by Gasteiger charge is -2.07. The summed E-state index contributed by atoms with van der Waals surface area (Å²) in [6, 6.07) is 1.81. The predicted molar refractivity (Wildman–Crippen MR) is 44.7 cm³/mol. The van der Waals surface area contributed by atoms with Crippen LogP contribution < -0.4 is 0 Å². The average Bonchev–Trinajstić information content (AvgIpc) is 1.94. The highest BCUT2D eigenvalue weighted by Crippen LogP contribution is 2.25. The van der Waals surface area contributed by atoms with Crippen LogP contribution in [0, 0.1) is 6.92 Å². The lowest BCUT2D eigenvalue weighted by atomic mass is 10.1. The third-order valence-electron chi connectivity index (χ3n) is 1.70. The van der Waals surface area contributed by atoms with E-state index in [2.05, 4.69) is 4.98 Å². The Morgan fingerprint density at radius 3 is 2.55 bits per heavy atom. The summed E-state index contributed by atoms with van der Waals surface area (Å²) in [5.74, 6) is 0.623. The Morgan fingerprint density at radius 1 is 1.45 bits per heavy atom. The van der Waals surface area contributed by atoms with Crippen LogP contribution in [0.25, 0.3) is 0 Å². The summed E-state index contributed by atoms with van der Waals surface area (Å²) in [5, 5.41) is 9.51. The molecule has 0 aromatic carbocycles. The Labute approximate surface area is 66.9 Å². The van der Waals surface area contributed by atoms with E-state index in [1.165, 1.54) is 0 Å². The number of nitrogens with zero attached hydrogens (tertiary/aromatic N) is 1. The smallest absolute Gasteiger partial charge is 0.140 e. The molecule has 2 heteroatoms. The zero-order valence-electron chi connectivity index (χ0n) is 7.13. The second-order valence-corrected chi connectivity index (χ2v) is 3.02. The first kappa shape index (κ1) is 8.05. The van der Waals surface area contributed by atoms with E-state index < -0.39 is 0 Å². The molecule has 1 aromatic heterocycles. The fourth-order valence-electron chi connectivity index (χ4n) is 0.994. The van der Waals surface area contributed by atoms with Crippen LogP contribution in [0.3, 0.4) is 0 Å². The molecule has 0 radical (unpaired) electrons. The van der Waals surface area contributed by atoms with Gasteiger partial charge in [-0.25, -0.2) is 0 Å². The number of hydrogen-bond donors (Lipinski definition) is 1. The minimum atomic E-state index is 0.287. The molecule has 0 saturated heterocycles. The molecule has 1 aromatic rings. The van der Waals surface area contributed by atoms with Crippen molar-refractivity contribution in [3.63, 3.8) is 0 Å². The van der Waals surface area contributed by atoms with Crippen LogP contribution in [0.2, 0.25) is 0 Å². The van der Waals surface area contributed by atoms with Crippen molar-refractivity contribution in [3.8, 4) is 5.75 Å². The zero-order valence-corrected chi connectivity index (χ0v) is 7.13. The van der Waals surface area contributed by atoms with Crippen molar-refractivity contribution >= 4 is 0 Å². The Kier molecular flexibility index (Phi) is 2.13. The number of hydrogen-bond acceptors (Lipinski definition) is 2. The number of aromatic nitrogens is 1. The third kappa shape index (κ3) is 1.50. The van der Waals surface area contributed by atoms with Crippen LogP contribution in [0.4, 0.5) is 0 Å². The van der Waals surface area contributed by atoms with E-state index in [1.807, 2.05) is 20.8 Å². The van der Waals surface area contributed by atoms with Gasteiger partial charge in [-0.3, -0.25) is 4.98 Å². The third-order valence-corrected chi connectivity index (χ3v) is 1.70. The first-order valence-corrected chi connectivity index (χ1v) is 3.77. The highest BCUT2D eigenvalue weighted by Gasteiger charge is 2.07. The average molecular weight is 151 g/mol.